The van der Waals surface area contributed by atoms with E-state index in [0.29, 0.717) is 16.5 Å². The van der Waals surface area contributed by atoms with E-state index in [-0.39, 0.29) is 11.9 Å². The van der Waals surface area contributed by atoms with Gasteiger partial charge in [0.1, 0.15) is 11.5 Å². The molecule has 2 aromatic carbocycles. The fraction of sp³-hybridized carbons (Fsp3) is 0.263. The highest BCUT2D eigenvalue weighted by molar-refractivity contribution is 8.13. The van der Waals surface area contributed by atoms with Crippen LogP contribution >= 0.6 is 11.8 Å². The minimum Gasteiger partial charge on any atom is -0.507 e. The van der Waals surface area contributed by atoms with Crippen molar-refractivity contribution in [3.63, 3.8) is 0 Å². The van der Waals surface area contributed by atoms with Crippen molar-refractivity contribution in [2.75, 3.05) is 0 Å². The molecule has 0 aromatic heterocycles. The molecule has 5 nitrogen and oxygen atoms in total. The normalized spacial score (nSPS) is 15.3. The molecule has 0 spiro atoms. The Hall–Kier alpha value is -2.47. The van der Waals surface area contributed by atoms with E-state index >= 15 is 0 Å². The Bertz CT molecular complexity index is 759. The molecular weight excluding hydrogens is 334 g/mol. The van der Waals surface area contributed by atoms with Gasteiger partial charge in [-0.05, 0) is 37.0 Å². The number of hydrogen-bond donors (Lipinski definition) is 2. The first kappa shape index (κ1) is 17.4. The zero-order valence-electron chi connectivity index (χ0n) is 13.8. The molecular formula is C19H21N3O2S. The van der Waals surface area contributed by atoms with Crippen LogP contribution in [0.5, 0.6) is 11.5 Å². The first-order chi connectivity index (χ1) is 12.2. The third-order valence-corrected chi connectivity index (χ3v) is 4.79. The number of ether oxygens (including phenoxy) is 1. The van der Waals surface area contributed by atoms with Gasteiger partial charge < -0.3 is 15.6 Å². The summed E-state index contributed by atoms with van der Waals surface area (Å²) in [4.78, 5) is 0. The van der Waals surface area contributed by atoms with Gasteiger partial charge in [0.15, 0.2) is 5.17 Å². The molecule has 1 fully saturated rings. The van der Waals surface area contributed by atoms with Crippen molar-refractivity contribution in [1.29, 1.82) is 0 Å². The minimum absolute atomic E-state index is 0.117. The summed E-state index contributed by atoms with van der Waals surface area (Å²) in [5.41, 5.74) is 7.59. The van der Waals surface area contributed by atoms with Crippen LogP contribution in [0.15, 0.2) is 58.7 Å². The third kappa shape index (κ3) is 5.26. The van der Waals surface area contributed by atoms with Crippen LogP contribution in [0.25, 0.3) is 0 Å². The monoisotopic (exact) mass is 355 g/mol. The van der Waals surface area contributed by atoms with E-state index in [1.165, 1.54) is 30.0 Å². The lowest BCUT2D eigenvalue weighted by Gasteiger charge is -2.26. The van der Waals surface area contributed by atoms with Crippen LogP contribution in [0.2, 0.25) is 0 Å². The fourth-order valence-electron chi connectivity index (χ4n) is 2.30. The highest BCUT2D eigenvalue weighted by Crippen LogP contribution is 2.28. The Labute approximate surface area is 151 Å². The van der Waals surface area contributed by atoms with E-state index in [1.54, 1.807) is 12.1 Å². The highest BCUT2D eigenvalue weighted by atomic mass is 32.2. The zero-order valence-corrected chi connectivity index (χ0v) is 14.7. The molecule has 25 heavy (non-hydrogen) atoms. The summed E-state index contributed by atoms with van der Waals surface area (Å²) in [6.45, 7) is 0. The number of phenols is 1. The standard InChI is InChI=1S/C19H21N3O2S/c20-19(25-13-14-5-2-1-3-6-14)22-21-12-15-9-10-17(11-18(15)23)24-16-7-4-8-16/h1-3,5-6,9-12,16,23H,4,7-8,13H2,(H2,20,22). The van der Waals surface area contributed by atoms with Crippen LogP contribution in [-0.2, 0) is 5.75 Å². The number of amidine groups is 1. The Morgan fingerprint density at radius 1 is 1.24 bits per heavy atom. The molecule has 1 aliphatic carbocycles. The average molecular weight is 355 g/mol. The third-order valence-electron chi connectivity index (χ3n) is 3.94. The summed E-state index contributed by atoms with van der Waals surface area (Å²) in [5.74, 6) is 1.54. The van der Waals surface area contributed by atoms with Crippen molar-refractivity contribution in [3.05, 3.63) is 59.7 Å². The summed E-state index contributed by atoms with van der Waals surface area (Å²) < 4.78 is 5.75. The Balaban J connectivity index is 1.53. The highest BCUT2D eigenvalue weighted by Gasteiger charge is 2.19. The molecule has 3 rings (SSSR count). The molecule has 0 atom stereocenters. The van der Waals surface area contributed by atoms with Gasteiger partial charge in [-0.2, -0.15) is 5.10 Å². The number of aromatic hydroxyl groups is 1. The van der Waals surface area contributed by atoms with Crippen LogP contribution in [0.4, 0.5) is 0 Å². The molecule has 0 saturated heterocycles. The van der Waals surface area contributed by atoms with Gasteiger partial charge >= 0.3 is 0 Å². The molecule has 0 aliphatic heterocycles. The number of thioether (sulfide) groups is 1. The molecule has 6 heteroatoms. The van der Waals surface area contributed by atoms with Crippen molar-refractivity contribution >= 4 is 23.1 Å². The Kier molecular flexibility index (Phi) is 5.95. The Morgan fingerprint density at radius 2 is 2.04 bits per heavy atom. The molecule has 0 unspecified atom stereocenters. The number of nitrogens with zero attached hydrogens (tertiary/aromatic N) is 2. The molecule has 0 bridgehead atoms. The maximum absolute atomic E-state index is 10.1. The van der Waals surface area contributed by atoms with Crippen LogP contribution in [0.1, 0.15) is 30.4 Å². The lowest BCUT2D eigenvalue weighted by molar-refractivity contribution is 0.120. The first-order valence-electron chi connectivity index (χ1n) is 8.23. The molecule has 1 saturated carbocycles. The predicted octanol–water partition coefficient (Wildman–Crippen LogP) is 3.91. The maximum atomic E-state index is 10.1. The summed E-state index contributed by atoms with van der Waals surface area (Å²) in [6, 6.07) is 15.2. The first-order valence-corrected chi connectivity index (χ1v) is 9.22. The van der Waals surface area contributed by atoms with E-state index in [0.717, 1.165) is 18.6 Å². The van der Waals surface area contributed by atoms with Crippen molar-refractivity contribution in [1.82, 2.24) is 0 Å². The molecule has 130 valence electrons. The van der Waals surface area contributed by atoms with Crippen LogP contribution in [0.3, 0.4) is 0 Å². The van der Waals surface area contributed by atoms with E-state index in [1.807, 2.05) is 36.4 Å². The van der Waals surface area contributed by atoms with Gasteiger partial charge in [-0.25, -0.2) is 0 Å². The Morgan fingerprint density at radius 3 is 2.72 bits per heavy atom. The summed E-state index contributed by atoms with van der Waals surface area (Å²) in [6.07, 6.45) is 5.14. The molecule has 0 heterocycles. The number of benzene rings is 2. The van der Waals surface area contributed by atoms with Crippen LogP contribution in [0, 0.1) is 0 Å². The number of nitrogens with two attached hydrogens (primary N) is 1. The van der Waals surface area contributed by atoms with Gasteiger partial charge in [-0.1, -0.05) is 42.1 Å². The fourth-order valence-corrected chi connectivity index (χ4v) is 2.91. The van der Waals surface area contributed by atoms with Gasteiger partial charge in [0.2, 0.25) is 0 Å². The molecule has 0 radical (unpaired) electrons. The SMILES string of the molecule is NC(=NN=Cc1ccc(OC2CCC2)cc1O)SCc1ccccc1. The van der Waals surface area contributed by atoms with Crippen molar-refractivity contribution < 1.29 is 9.84 Å². The lowest BCUT2D eigenvalue weighted by Crippen LogP contribution is -2.24. The van der Waals surface area contributed by atoms with Gasteiger partial charge in [0, 0.05) is 17.4 Å². The van der Waals surface area contributed by atoms with Gasteiger partial charge in [-0.15, -0.1) is 5.10 Å². The second-order valence-electron chi connectivity index (χ2n) is 5.85. The smallest absolute Gasteiger partial charge is 0.180 e. The quantitative estimate of drug-likeness (QED) is 0.468. The van der Waals surface area contributed by atoms with Gasteiger partial charge in [0.05, 0.1) is 12.3 Å². The maximum Gasteiger partial charge on any atom is 0.180 e. The van der Waals surface area contributed by atoms with Crippen molar-refractivity contribution in [2.24, 2.45) is 15.9 Å². The van der Waals surface area contributed by atoms with Gasteiger partial charge in [0.25, 0.3) is 0 Å². The largest absolute Gasteiger partial charge is 0.507 e. The second-order valence-corrected chi connectivity index (χ2v) is 6.84. The molecule has 0 amide bonds. The summed E-state index contributed by atoms with van der Waals surface area (Å²) in [5, 5.41) is 18.3. The topological polar surface area (TPSA) is 80.2 Å². The summed E-state index contributed by atoms with van der Waals surface area (Å²) in [7, 11) is 0. The van der Waals surface area contributed by atoms with Gasteiger partial charge in [-0.3, -0.25) is 0 Å². The number of hydrogen-bond acceptors (Lipinski definition) is 5. The molecule has 3 N–H and O–H groups in total. The summed E-state index contributed by atoms with van der Waals surface area (Å²) >= 11 is 1.42. The van der Waals surface area contributed by atoms with Crippen molar-refractivity contribution in [2.45, 2.75) is 31.1 Å². The second kappa shape index (κ2) is 8.58. The lowest BCUT2D eigenvalue weighted by atomic mass is 9.96. The van der Waals surface area contributed by atoms with E-state index in [9.17, 15) is 5.11 Å². The number of rotatable bonds is 6. The van der Waals surface area contributed by atoms with E-state index in [4.69, 9.17) is 10.5 Å². The van der Waals surface area contributed by atoms with Crippen molar-refractivity contribution in [3.8, 4) is 11.5 Å². The molecule has 1 aliphatic rings. The van der Waals surface area contributed by atoms with E-state index < -0.39 is 0 Å². The zero-order chi connectivity index (χ0) is 17.5. The number of phenolic OH excluding ortho intramolecular Hbond substituents is 1. The van der Waals surface area contributed by atoms with Crippen LogP contribution < -0.4 is 10.5 Å². The van der Waals surface area contributed by atoms with Crippen LogP contribution in [-0.4, -0.2) is 22.6 Å². The minimum atomic E-state index is 0.117. The van der Waals surface area contributed by atoms with E-state index in [2.05, 4.69) is 10.2 Å². The average Bonchev–Trinajstić information content (AvgIpc) is 2.59. The predicted molar refractivity (Wildman–Crippen MR) is 103 cm³/mol. The molecule has 2 aromatic rings.